The molecular formula is C50H50N12O7S6. The number of aliphatic hydroxyl groups excluding tert-OH is 1. The van der Waals surface area contributed by atoms with Crippen LogP contribution >= 0.6 is 68.0 Å². The van der Waals surface area contributed by atoms with E-state index in [-0.39, 0.29) is 54.1 Å². The molecule has 75 heavy (non-hydrogen) atoms. The van der Waals surface area contributed by atoms with E-state index in [0.717, 1.165) is 5.82 Å². The average molecular weight is 1120 g/mol. The van der Waals surface area contributed by atoms with Crippen LogP contribution in [0.15, 0.2) is 64.0 Å². The van der Waals surface area contributed by atoms with E-state index in [9.17, 15) is 29.1 Å². The van der Waals surface area contributed by atoms with Crippen molar-refractivity contribution in [3.8, 4) is 43.4 Å². The zero-order chi connectivity index (χ0) is 53.1. The van der Waals surface area contributed by atoms with Gasteiger partial charge in [0.15, 0.2) is 5.78 Å². The molecule has 0 saturated carbocycles. The summed E-state index contributed by atoms with van der Waals surface area (Å²) in [5.41, 5.74) is 3.53. The maximum atomic E-state index is 14.3. The summed E-state index contributed by atoms with van der Waals surface area (Å²) in [7, 11) is 6.82. The number of methoxy groups -OCH3 is 1. The molecule has 0 radical (unpaired) electrons. The molecule has 10 bridgehead atoms. The maximum absolute atomic E-state index is 14.3. The number of fused-ring (bicyclic) bond motifs is 14. The van der Waals surface area contributed by atoms with Crippen molar-refractivity contribution in [2.75, 3.05) is 39.7 Å². The Bertz CT molecular complexity index is 3400. The van der Waals surface area contributed by atoms with Gasteiger partial charge < -0.3 is 36.0 Å². The summed E-state index contributed by atoms with van der Waals surface area (Å²) in [6, 6.07) is 10.7. The molecule has 0 fully saturated rings. The second kappa shape index (κ2) is 23.1. The monoisotopic (exact) mass is 1120 g/mol. The normalized spacial score (nSPS) is 17.0. The van der Waals surface area contributed by atoms with Crippen LogP contribution in [0.5, 0.6) is 0 Å². The number of amides is 4. The van der Waals surface area contributed by atoms with E-state index in [0.29, 0.717) is 73.7 Å². The van der Waals surface area contributed by atoms with Gasteiger partial charge in [0.1, 0.15) is 77.2 Å². The van der Waals surface area contributed by atoms with E-state index < -0.39 is 48.4 Å². The molecule has 0 saturated heterocycles. The molecule has 8 aromatic rings. The molecule has 0 spiro atoms. The van der Waals surface area contributed by atoms with Crippen molar-refractivity contribution in [3.63, 3.8) is 0 Å². The van der Waals surface area contributed by atoms with Gasteiger partial charge in [-0.15, -0.1) is 68.0 Å². The standard InChI is InChI=1S/C50H50N12O7S6/c1-23(2)27-15-33(63)38-24(3)74-49(60-38)29(16-36(64)51-4)54-43(67)31-20-70-45(56-31)26-13-14-28(47-58-35(22-73-47)62(5)6)53-39(26)30-19-71-48(55-30)32-21-72-50(57-32)41(42(66)25-11-9-8-10-12-25)59-37(65)17-52-44(68)40-34(18-69-7)75-46(27)61-40/h8-14,19-23,27,29,41-42,66H,15-18H2,1-7H3,(H,51,64)(H,52,68)(H,54,67)(H,59,65). The number of pyridine rings is 1. The minimum atomic E-state index is -1.23. The van der Waals surface area contributed by atoms with Gasteiger partial charge in [-0.3, -0.25) is 24.0 Å². The lowest BCUT2D eigenvalue weighted by Crippen LogP contribution is -2.40. The zero-order valence-corrected chi connectivity index (χ0v) is 46.4. The van der Waals surface area contributed by atoms with E-state index in [2.05, 4.69) is 21.3 Å². The summed E-state index contributed by atoms with van der Waals surface area (Å²) in [6.07, 6.45) is -1.40. The Morgan fingerprint density at radius 2 is 1.47 bits per heavy atom. The number of aryl methyl sites for hydroxylation is 1. The molecule has 19 nitrogen and oxygen atoms in total. The number of aliphatic hydroxyl groups is 1. The molecule has 4 atom stereocenters. The minimum Gasteiger partial charge on any atom is -0.386 e. The first kappa shape index (κ1) is 53.3. The molecule has 1 aliphatic rings. The summed E-state index contributed by atoms with van der Waals surface area (Å²) < 4.78 is 5.46. The summed E-state index contributed by atoms with van der Waals surface area (Å²) in [5.74, 6) is -2.20. The van der Waals surface area contributed by atoms with E-state index >= 15 is 0 Å². The van der Waals surface area contributed by atoms with Gasteiger partial charge in [0.2, 0.25) is 11.8 Å². The first-order valence-corrected chi connectivity index (χ1v) is 28.6. The van der Waals surface area contributed by atoms with Crippen LogP contribution in [0.1, 0.15) is 113 Å². The summed E-state index contributed by atoms with van der Waals surface area (Å²) >= 11 is 7.69. The van der Waals surface area contributed by atoms with Crippen molar-refractivity contribution in [1.29, 1.82) is 0 Å². The van der Waals surface area contributed by atoms with Crippen LogP contribution in [-0.4, -0.2) is 104 Å². The largest absolute Gasteiger partial charge is 0.386 e. The summed E-state index contributed by atoms with van der Waals surface area (Å²) in [4.78, 5) is 106. The second-order valence-electron chi connectivity index (χ2n) is 17.8. The molecule has 4 unspecified atom stereocenters. The van der Waals surface area contributed by atoms with E-state index in [1.165, 1.54) is 82.2 Å². The first-order valence-electron chi connectivity index (χ1n) is 23.4. The molecule has 0 aliphatic carbocycles. The Kier molecular flexibility index (Phi) is 16.4. The number of hydrogen-bond donors (Lipinski definition) is 5. The predicted molar refractivity (Wildman–Crippen MR) is 293 cm³/mol. The van der Waals surface area contributed by atoms with E-state index in [1.54, 1.807) is 41.9 Å². The smallest absolute Gasteiger partial charge is 0.271 e. The molecule has 4 amide bonds. The number of nitrogens with zero attached hydrogens (tertiary/aromatic N) is 8. The Hall–Kier alpha value is -6.58. The highest BCUT2D eigenvalue weighted by Gasteiger charge is 2.33. The Morgan fingerprint density at radius 3 is 2.20 bits per heavy atom. The minimum absolute atomic E-state index is 0.0103. The number of Topliss-reactive ketones (excluding diaryl/α,β-unsaturated/α-hetero) is 1. The topological polar surface area (TPSA) is 256 Å². The van der Waals surface area contributed by atoms with Gasteiger partial charge in [0.05, 0.1) is 41.2 Å². The quantitative estimate of drug-likeness (QED) is 0.0912. The Balaban J connectivity index is 1.14. The number of benzene rings is 1. The van der Waals surface area contributed by atoms with Crippen LogP contribution in [0.3, 0.4) is 0 Å². The Labute approximate surface area is 455 Å². The number of anilines is 1. The van der Waals surface area contributed by atoms with Crippen molar-refractivity contribution in [3.05, 3.63) is 111 Å². The molecule has 1 aromatic carbocycles. The summed E-state index contributed by atoms with van der Waals surface area (Å²) in [6.45, 7) is 5.26. The number of aromatic nitrogens is 7. The highest BCUT2D eigenvalue weighted by molar-refractivity contribution is 7.15. The van der Waals surface area contributed by atoms with Crippen LogP contribution < -0.4 is 26.2 Å². The second-order valence-corrected chi connectivity index (χ2v) is 23.6. The van der Waals surface area contributed by atoms with Crippen LogP contribution in [0.4, 0.5) is 5.82 Å². The van der Waals surface area contributed by atoms with Gasteiger partial charge in [-0.1, -0.05) is 44.2 Å². The zero-order valence-electron chi connectivity index (χ0n) is 41.5. The lowest BCUT2D eigenvalue weighted by Gasteiger charge is -2.23. The van der Waals surface area contributed by atoms with Crippen molar-refractivity contribution >= 4 is 103 Å². The number of nitrogens with one attached hydrogen (secondary N) is 4. The first-order chi connectivity index (χ1) is 36.1. The number of ketones is 1. The highest BCUT2D eigenvalue weighted by Crippen LogP contribution is 2.41. The third-order valence-electron chi connectivity index (χ3n) is 12.0. The van der Waals surface area contributed by atoms with Gasteiger partial charge >= 0.3 is 0 Å². The van der Waals surface area contributed by atoms with Crippen molar-refractivity contribution < 1.29 is 33.8 Å². The number of carbonyl (C=O) groups is 5. The number of hydrogen-bond acceptors (Lipinski definition) is 21. The van der Waals surface area contributed by atoms with Gasteiger partial charge in [0.25, 0.3) is 11.8 Å². The van der Waals surface area contributed by atoms with Crippen LogP contribution in [0, 0.1) is 12.8 Å². The van der Waals surface area contributed by atoms with E-state index in [4.69, 9.17) is 39.6 Å². The fraction of sp³-hybridized carbons (Fsp3) is 0.320. The predicted octanol–water partition coefficient (Wildman–Crippen LogP) is 8.26. The van der Waals surface area contributed by atoms with Crippen LogP contribution in [0.25, 0.3) is 43.4 Å². The molecule has 8 heterocycles. The van der Waals surface area contributed by atoms with Crippen LogP contribution in [0.2, 0.25) is 0 Å². The van der Waals surface area contributed by atoms with E-state index in [1.807, 2.05) is 61.8 Å². The fourth-order valence-electron chi connectivity index (χ4n) is 8.04. The number of rotatable bonds is 9. The fourth-order valence-corrected chi connectivity index (χ4v) is 13.7. The molecule has 7 aromatic heterocycles. The van der Waals surface area contributed by atoms with Crippen molar-refractivity contribution in [2.45, 2.75) is 64.3 Å². The number of thiazole rings is 6. The molecule has 25 heteroatoms. The Morgan fingerprint density at radius 1 is 0.760 bits per heavy atom. The lowest BCUT2D eigenvalue weighted by molar-refractivity contribution is -0.122. The maximum Gasteiger partial charge on any atom is 0.271 e. The molecule has 9 rings (SSSR count). The third-order valence-corrected chi connectivity index (χ3v) is 17.8. The van der Waals surface area contributed by atoms with Gasteiger partial charge in [-0.05, 0) is 30.5 Å². The van der Waals surface area contributed by atoms with Gasteiger partial charge in [0, 0.05) is 72.6 Å². The highest BCUT2D eigenvalue weighted by atomic mass is 32.1. The van der Waals surface area contributed by atoms with Gasteiger partial charge in [-0.25, -0.2) is 34.9 Å². The lowest BCUT2D eigenvalue weighted by atomic mass is 9.90. The van der Waals surface area contributed by atoms with Crippen molar-refractivity contribution in [1.82, 2.24) is 56.2 Å². The summed E-state index contributed by atoms with van der Waals surface area (Å²) in [5, 5.41) is 33.2. The molecule has 5 N–H and O–H groups in total. The molecular weight excluding hydrogens is 1070 g/mol. The third kappa shape index (κ3) is 11.8. The average Bonchev–Trinajstić information content (AvgIpc) is 4.27. The number of ether oxygens (including phenoxy) is 1. The SMILES string of the molecule is CNC(=O)CC1NC(=O)c2csc(n2)-c2ccc(-c3nc(N(C)C)cs3)nc2-c2csc(n2)-c2csc(n2)C(C(O)c2ccccc2)NC(=O)CNC(=O)c2nc(sc2COC)C(C(C)C)CC(=O)c2nc1sc2C. The van der Waals surface area contributed by atoms with Crippen LogP contribution in [-0.2, 0) is 20.9 Å². The molecule has 1 aliphatic heterocycles. The van der Waals surface area contributed by atoms with Crippen molar-refractivity contribution in [2.24, 2.45) is 5.92 Å². The number of carbonyl (C=O) groups excluding carboxylic acids is 5. The molecule has 388 valence electrons. The van der Waals surface area contributed by atoms with Gasteiger partial charge in [-0.2, -0.15) is 0 Å².